The Bertz CT molecular complexity index is 1000. The topological polar surface area (TPSA) is 68.3 Å². The van der Waals surface area contributed by atoms with Crippen molar-refractivity contribution in [2.45, 2.75) is 13.8 Å². The molecule has 1 N–H and O–H groups in total. The third kappa shape index (κ3) is 7.21. The SMILES string of the molecule is C=C(SC(=C)c1ccc(OCCNC(=O)/C=C/c2cccnc2C)c(Cl)c1)C(C)=O. The summed E-state index contributed by atoms with van der Waals surface area (Å²) in [5.41, 5.74) is 2.53. The molecule has 0 spiro atoms. The molecule has 0 aliphatic heterocycles. The fraction of sp³-hybridized carbons (Fsp3) is 0.174. The van der Waals surface area contributed by atoms with Crippen LogP contribution in [0.5, 0.6) is 5.75 Å². The number of carbonyl (C=O) groups excluding carboxylic acids is 2. The van der Waals surface area contributed by atoms with E-state index in [9.17, 15) is 9.59 Å². The Kier molecular flexibility index (Phi) is 8.89. The molecule has 1 amide bonds. The first-order chi connectivity index (χ1) is 14.3. The minimum Gasteiger partial charge on any atom is -0.490 e. The van der Waals surface area contributed by atoms with Gasteiger partial charge in [-0.05, 0) is 49.2 Å². The molecule has 0 fully saturated rings. The van der Waals surface area contributed by atoms with E-state index in [4.69, 9.17) is 16.3 Å². The summed E-state index contributed by atoms with van der Waals surface area (Å²) in [6.07, 6.45) is 4.89. The number of pyridine rings is 1. The van der Waals surface area contributed by atoms with Crippen molar-refractivity contribution in [3.05, 3.63) is 82.5 Å². The predicted octanol–water partition coefficient (Wildman–Crippen LogP) is 5.06. The van der Waals surface area contributed by atoms with Gasteiger partial charge in [0, 0.05) is 27.8 Å². The molecule has 156 valence electrons. The first-order valence-electron chi connectivity index (χ1n) is 9.14. The number of allylic oxidation sites excluding steroid dienone is 1. The summed E-state index contributed by atoms with van der Waals surface area (Å²) >= 11 is 7.49. The molecule has 1 aromatic heterocycles. The van der Waals surface area contributed by atoms with Crippen LogP contribution >= 0.6 is 23.4 Å². The number of halogens is 1. The van der Waals surface area contributed by atoms with Crippen LogP contribution in [0.1, 0.15) is 23.7 Å². The number of ether oxygens (including phenoxy) is 1. The van der Waals surface area contributed by atoms with Crippen molar-refractivity contribution in [3.8, 4) is 5.75 Å². The second-order valence-corrected chi connectivity index (χ2v) is 7.90. The van der Waals surface area contributed by atoms with Crippen LogP contribution < -0.4 is 10.1 Å². The highest BCUT2D eigenvalue weighted by Crippen LogP contribution is 2.35. The largest absolute Gasteiger partial charge is 0.490 e. The number of amides is 1. The minimum absolute atomic E-state index is 0.0975. The van der Waals surface area contributed by atoms with Crippen LogP contribution in [-0.2, 0) is 9.59 Å². The van der Waals surface area contributed by atoms with Gasteiger partial charge in [0.2, 0.25) is 5.91 Å². The van der Waals surface area contributed by atoms with Gasteiger partial charge in [-0.15, -0.1) is 0 Å². The van der Waals surface area contributed by atoms with E-state index in [0.29, 0.717) is 27.1 Å². The van der Waals surface area contributed by atoms with Crippen molar-refractivity contribution in [3.63, 3.8) is 0 Å². The number of hydrogen-bond acceptors (Lipinski definition) is 5. The Morgan fingerprint density at radius 3 is 2.73 bits per heavy atom. The van der Waals surface area contributed by atoms with E-state index in [2.05, 4.69) is 23.5 Å². The smallest absolute Gasteiger partial charge is 0.244 e. The van der Waals surface area contributed by atoms with E-state index < -0.39 is 0 Å². The summed E-state index contributed by atoms with van der Waals surface area (Å²) in [5, 5.41) is 3.17. The lowest BCUT2D eigenvalue weighted by molar-refractivity contribution is -0.116. The molecule has 7 heteroatoms. The van der Waals surface area contributed by atoms with E-state index in [1.165, 1.54) is 24.8 Å². The van der Waals surface area contributed by atoms with E-state index in [1.807, 2.05) is 25.1 Å². The Morgan fingerprint density at radius 2 is 2.07 bits per heavy atom. The van der Waals surface area contributed by atoms with Crippen LogP contribution in [0.25, 0.3) is 11.0 Å². The van der Waals surface area contributed by atoms with E-state index in [-0.39, 0.29) is 18.3 Å². The maximum absolute atomic E-state index is 11.9. The summed E-state index contributed by atoms with van der Waals surface area (Å²) in [7, 11) is 0. The molecule has 1 heterocycles. The molecule has 2 aromatic rings. The molecule has 0 saturated heterocycles. The number of carbonyl (C=O) groups is 2. The third-order valence-corrected chi connectivity index (χ3v) is 5.33. The van der Waals surface area contributed by atoms with Gasteiger partial charge in [0.05, 0.1) is 11.6 Å². The van der Waals surface area contributed by atoms with Crippen molar-refractivity contribution in [2.75, 3.05) is 13.2 Å². The van der Waals surface area contributed by atoms with Crippen LogP contribution in [0.15, 0.2) is 60.7 Å². The lowest BCUT2D eigenvalue weighted by Gasteiger charge is -2.11. The highest BCUT2D eigenvalue weighted by Gasteiger charge is 2.09. The summed E-state index contributed by atoms with van der Waals surface area (Å²) in [6.45, 7) is 11.6. The quantitative estimate of drug-likeness (QED) is 0.411. The number of nitrogens with one attached hydrogen (secondary N) is 1. The van der Waals surface area contributed by atoms with Crippen molar-refractivity contribution >= 4 is 46.0 Å². The van der Waals surface area contributed by atoms with Crippen molar-refractivity contribution in [1.29, 1.82) is 0 Å². The standard InChI is InChI=1S/C23H23ClN2O3S/c1-15-19(6-5-11-25-15)8-10-23(28)26-12-13-29-22-9-7-20(14-21(22)24)18(4)30-17(3)16(2)27/h5-11,14H,3-4,12-13H2,1-2H3,(H,26,28)/b10-8+. The van der Waals surface area contributed by atoms with Crippen molar-refractivity contribution in [1.82, 2.24) is 10.3 Å². The lowest BCUT2D eigenvalue weighted by atomic mass is 10.2. The highest BCUT2D eigenvalue weighted by atomic mass is 35.5. The van der Waals surface area contributed by atoms with E-state index in [0.717, 1.165) is 16.8 Å². The molecule has 0 saturated carbocycles. The summed E-state index contributed by atoms with van der Waals surface area (Å²) in [4.78, 5) is 28.5. The number of Topliss-reactive ketones (excluding diaryl/α,β-unsaturated/α-hetero) is 1. The van der Waals surface area contributed by atoms with Gasteiger partial charge in [-0.25, -0.2) is 0 Å². The van der Waals surface area contributed by atoms with Gasteiger partial charge >= 0.3 is 0 Å². The Labute approximate surface area is 185 Å². The number of nitrogens with zero attached hydrogens (tertiary/aromatic N) is 1. The maximum Gasteiger partial charge on any atom is 0.244 e. The second-order valence-electron chi connectivity index (χ2n) is 6.30. The van der Waals surface area contributed by atoms with Crippen LogP contribution in [0, 0.1) is 6.92 Å². The molecule has 0 aliphatic rings. The maximum atomic E-state index is 11.9. The number of rotatable bonds is 10. The van der Waals surface area contributed by atoms with Gasteiger partial charge in [-0.3, -0.25) is 14.6 Å². The van der Waals surface area contributed by atoms with E-state index in [1.54, 1.807) is 24.4 Å². The number of aryl methyl sites for hydroxylation is 1. The van der Waals surface area contributed by atoms with Gasteiger partial charge in [0.1, 0.15) is 12.4 Å². The first kappa shape index (κ1) is 23.4. The number of hydrogen-bond donors (Lipinski definition) is 1. The summed E-state index contributed by atoms with van der Waals surface area (Å²) in [5.74, 6) is 0.182. The molecule has 0 bridgehead atoms. The summed E-state index contributed by atoms with van der Waals surface area (Å²) in [6, 6.07) is 8.97. The molecule has 0 atom stereocenters. The Balaban J connectivity index is 1.81. The number of benzene rings is 1. The predicted molar refractivity (Wildman–Crippen MR) is 124 cm³/mol. The zero-order valence-electron chi connectivity index (χ0n) is 16.9. The number of aromatic nitrogens is 1. The molecule has 0 radical (unpaired) electrons. The number of thioether (sulfide) groups is 1. The van der Waals surface area contributed by atoms with Gasteiger partial charge < -0.3 is 10.1 Å². The average molecular weight is 443 g/mol. The third-order valence-electron chi connectivity index (χ3n) is 4.01. The van der Waals surface area contributed by atoms with Crippen molar-refractivity contribution in [2.24, 2.45) is 0 Å². The zero-order valence-corrected chi connectivity index (χ0v) is 18.5. The van der Waals surface area contributed by atoms with E-state index >= 15 is 0 Å². The summed E-state index contributed by atoms with van der Waals surface area (Å²) < 4.78 is 5.63. The first-order valence-corrected chi connectivity index (χ1v) is 10.3. The molecule has 0 aliphatic carbocycles. The fourth-order valence-electron chi connectivity index (χ4n) is 2.30. The number of ketones is 1. The Morgan fingerprint density at radius 1 is 1.30 bits per heavy atom. The molecular formula is C23H23ClN2O3S. The lowest BCUT2D eigenvalue weighted by Crippen LogP contribution is -2.26. The molecule has 30 heavy (non-hydrogen) atoms. The van der Waals surface area contributed by atoms with Gasteiger partial charge in [-0.1, -0.05) is 48.7 Å². The monoisotopic (exact) mass is 442 g/mol. The fourth-order valence-corrected chi connectivity index (χ4v) is 3.22. The minimum atomic E-state index is -0.220. The molecule has 5 nitrogen and oxygen atoms in total. The van der Waals surface area contributed by atoms with Gasteiger partial charge in [0.25, 0.3) is 0 Å². The highest BCUT2D eigenvalue weighted by molar-refractivity contribution is 8.12. The van der Waals surface area contributed by atoms with Gasteiger partial charge in [0.15, 0.2) is 5.78 Å². The van der Waals surface area contributed by atoms with Crippen LogP contribution in [0.3, 0.4) is 0 Å². The Hall–Kier alpha value is -2.83. The normalized spacial score (nSPS) is 10.6. The van der Waals surface area contributed by atoms with Gasteiger partial charge in [-0.2, -0.15) is 0 Å². The zero-order chi connectivity index (χ0) is 22.1. The molecule has 2 rings (SSSR count). The second kappa shape index (κ2) is 11.4. The van der Waals surface area contributed by atoms with Crippen LogP contribution in [-0.4, -0.2) is 29.8 Å². The average Bonchev–Trinajstić information content (AvgIpc) is 2.71. The van der Waals surface area contributed by atoms with Crippen LogP contribution in [0.2, 0.25) is 5.02 Å². The molecule has 0 unspecified atom stereocenters. The molecular weight excluding hydrogens is 420 g/mol. The molecule has 1 aromatic carbocycles. The van der Waals surface area contributed by atoms with Crippen molar-refractivity contribution < 1.29 is 14.3 Å². The van der Waals surface area contributed by atoms with Crippen LogP contribution in [0.4, 0.5) is 0 Å².